The predicted molar refractivity (Wildman–Crippen MR) is 125 cm³/mol. The van der Waals surface area contributed by atoms with Crippen LogP contribution < -0.4 is 10.6 Å². The summed E-state index contributed by atoms with van der Waals surface area (Å²) in [5.41, 5.74) is 2.96. The van der Waals surface area contributed by atoms with Crippen molar-refractivity contribution in [1.29, 1.82) is 0 Å². The van der Waals surface area contributed by atoms with E-state index in [2.05, 4.69) is 44.8 Å². The number of hydrogen-bond acceptors (Lipinski definition) is 3. The highest BCUT2D eigenvalue weighted by Crippen LogP contribution is 2.18. The van der Waals surface area contributed by atoms with Gasteiger partial charge < -0.3 is 15.5 Å². The molecule has 0 aromatic heterocycles. The fraction of sp³-hybridized carbons (Fsp3) is 0.619. The Morgan fingerprint density at radius 1 is 1.11 bits per heavy atom. The number of amides is 1. The first-order valence-electron chi connectivity index (χ1n) is 10.4. The van der Waals surface area contributed by atoms with Crippen LogP contribution in [-0.4, -0.2) is 67.5 Å². The van der Waals surface area contributed by atoms with Gasteiger partial charge in [-0.2, -0.15) is 0 Å². The molecule has 0 spiro atoms. The molecule has 2 aliphatic heterocycles. The summed E-state index contributed by atoms with van der Waals surface area (Å²) in [6.45, 7) is 8.98. The number of carbonyl (C=O) groups excluding carboxylic acids is 1. The van der Waals surface area contributed by atoms with Crippen LogP contribution in [-0.2, 0) is 17.8 Å². The van der Waals surface area contributed by atoms with Crippen molar-refractivity contribution >= 4 is 35.8 Å². The number of nitrogens with zero attached hydrogens (tertiary/aromatic N) is 3. The van der Waals surface area contributed by atoms with E-state index in [4.69, 9.17) is 0 Å². The van der Waals surface area contributed by atoms with Crippen molar-refractivity contribution in [2.45, 2.75) is 39.2 Å². The standard InChI is InChI=1S/C21H33N5O.HI/c1-2-22-21(24-16-20(27)26-13-5-6-14-26)23-11-7-12-25-15-10-18-8-3-4-9-19(18)17-25;/h3-4,8-9H,2,5-7,10-17H2,1H3,(H2,22,23,24);1H. The van der Waals surface area contributed by atoms with Gasteiger partial charge in [0.1, 0.15) is 6.54 Å². The van der Waals surface area contributed by atoms with Crippen LogP contribution in [0, 0.1) is 0 Å². The first-order chi connectivity index (χ1) is 13.3. The maximum atomic E-state index is 12.1. The van der Waals surface area contributed by atoms with Crippen molar-refractivity contribution in [1.82, 2.24) is 20.4 Å². The van der Waals surface area contributed by atoms with Crippen molar-refractivity contribution in [3.63, 3.8) is 0 Å². The molecule has 3 rings (SSSR count). The van der Waals surface area contributed by atoms with E-state index in [-0.39, 0.29) is 36.4 Å². The lowest BCUT2D eigenvalue weighted by molar-refractivity contribution is -0.128. The molecule has 0 atom stereocenters. The van der Waals surface area contributed by atoms with Gasteiger partial charge in [0.15, 0.2) is 5.96 Å². The van der Waals surface area contributed by atoms with Crippen LogP contribution in [0.25, 0.3) is 0 Å². The van der Waals surface area contributed by atoms with Gasteiger partial charge in [0.2, 0.25) is 5.91 Å². The van der Waals surface area contributed by atoms with Gasteiger partial charge in [-0.3, -0.25) is 9.69 Å². The van der Waals surface area contributed by atoms with Crippen LogP contribution >= 0.6 is 24.0 Å². The Bertz CT molecular complexity index is 645. The highest BCUT2D eigenvalue weighted by atomic mass is 127. The monoisotopic (exact) mass is 499 g/mol. The summed E-state index contributed by atoms with van der Waals surface area (Å²) in [6, 6.07) is 8.75. The third-order valence-corrected chi connectivity index (χ3v) is 5.33. The minimum atomic E-state index is 0. The smallest absolute Gasteiger partial charge is 0.244 e. The second kappa shape index (κ2) is 12.3. The van der Waals surface area contributed by atoms with Gasteiger partial charge in [-0.15, -0.1) is 24.0 Å². The molecule has 0 unspecified atom stereocenters. The molecule has 7 heteroatoms. The fourth-order valence-electron chi connectivity index (χ4n) is 3.81. The number of nitrogens with one attached hydrogen (secondary N) is 2. The van der Waals surface area contributed by atoms with Gasteiger partial charge in [-0.1, -0.05) is 24.3 Å². The summed E-state index contributed by atoms with van der Waals surface area (Å²) in [6.07, 6.45) is 4.45. The van der Waals surface area contributed by atoms with Crippen molar-refractivity contribution in [2.24, 2.45) is 4.99 Å². The van der Waals surface area contributed by atoms with Crippen LogP contribution in [0.15, 0.2) is 29.3 Å². The molecule has 0 radical (unpaired) electrons. The molecular formula is C21H34IN5O. The Hall–Kier alpha value is -1.35. The van der Waals surface area contributed by atoms with Crippen molar-refractivity contribution < 1.29 is 4.79 Å². The van der Waals surface area contributed by atoms with Gasteiger partial charge in [0, 0.05) is 45.8 Å². The molecule has 0 saturated carbocycles. The fourth-order valence-corrected chi connectivity index (χ4v) is 3.81. The summed E-state index contributed by atoms with van der Waals surface area (Å²) in [7, 11) is 0. The van der Waals surface area contributed by atoms with E-state index in [1.807, 2.05) is 11.8 Å². The maximum Gasteiger partial charge on any atom is 0.244 e. The van der Waals surface area contributed by atoms with Crippen LogP contribution in [0.5, 0.6) is 0 Å². The number of carbonyl (C=O) groups is 1. The number of rotatable bonds is 7. The summed E-state index contributed by atoms with van der Waals surface area (Å²) in [5.74, 6) is 0.880. The van der Waals surface area contributed by atoms with E-state index in [0.29, 0.717) is 0 Å². The topological polar surface area (TPSA) is 60.0 Å². The van der Waals surface area contributed by atoms with Crippen molar-refractivity contribution in [3.05, 3.63) is 35.4 Å². The number of guanidine groups is 1. The molecular weight excluding hydrogens is 465 g/mol. The third kappa shape index (κ3) is 6.92. The number of aliphatic imine (C=N–C) groups is 1. The first kappa shape index (κ1) is 22.9. The minimum Gasteiger partial charge on any atom is -0.357 e. The molecule has 1 amide bonds. The average Bonchev–Trinajstić information content (AvgIpc) is 3.24. The molecule has 1 aromatic rings. The van der Waals surface area contributed by atoms with E-state index >= 15 is 0 Å². The maximum absolute atomic E-state index is 12.1. The van der Waals surface area contributed by atoms with E-state index in [9.17, 15) is 4.79 Å². The normalized spacial score (nSPS) is 17.0. The highest BCUT2D eigenvalue weighted by Gasteiger charge is 2.17. The summed E-state index contributed by atoms with van der Waals surface area (Å²) in [4.78, 5) is 21.0. The summed E-state index contributed by atoms with van der Waals surface area (Å²) < 4.78 is 0. The molecule has 1 fully saturated rings. The van der Waals surface area contributed by atoms with Gasteiger partial charge in [-0.05, 0) is 43.7 Å². The zero-order valence-corrected chi connectivity index (χ0v) is 19.3. The quantitative estimate of drug-likeness (QED) is 0.262. The predicted octanol–water partition coefficient (Wildman–Crippen LogP) is 2.23. The van der Waals surface area contributed by atoms with Crippen LogP contribution in [0.2, 0.25) is 0 Å². The Balaban J connectivity index is 0.00000280. The van der Waals surface area contributed by atoms with Gasteiger partial charge >= 0.3 is 0 Å². The van der Waals surface area contributed by atoms with Crippen LogP contribution in [0.3, 0.4) is 0 Å². The van der Waals surface area contributed by atoms with E-state index in [1.54, 1.807) is 0 Å². The number of benzene rings is 1. The Morgan fingerprint density at radius 2 is 1.86 bits per heavy atom. The molecule has 156 valence electrons. The number of likely N-dealkylation sites (tertiary alicyclic amines) is 1. The lowest BCUT2D eigenvalue weighted by Gasteiger charge is -2.28. The molecule has 1 saturated heterocycles. The number of hydrogen-bond donors (Lipinski definition) is 2. The molecule has 1 aromatic carbocycles. The second-order valence-corrected chi connectivity index (χ2v) is 7.36. The molecule has 0 bridgehead atoms. The zero-order valence-electron chi connectivity index (χ0n) is 17.0. The van der Waals surface area contributed by atoms with Gasteiger partial charge in [0.05, 0.1) is 0 Å². The Labute approximate surface area is 186 Å². The molecule has 2 N–H and O–H groups in total. The van der Waals surface area contributed by atoms with Gasteiger partial charge in [-0.25, -0.2) is 4.99 Å². The van der Waals surface area contributed by atoms with Gasteiger partial charge in [0.25, 0.3) is 0 Å². The lowest BCUT2D eigenvalue weighted by atomic mass is 10.00. The van der Waals surface area contributed by atoms with Crippen LogP contribution in [0.1, 0.15) is 37.3 Å². The van der Waals surface area contributed by atoms with E-state index in [1.165, 1.54) is 11.1 Å². The average molecular weight is 499 g/mol. The summed E-state index contributed by atoms with van der Waals surface area (Å²) >= 11 is 0. The van der Waals surface area contributed by atoms with E-state index < -0.39 is 0 Å². The largest absolute Gasteiger partial charge is 0.357 e. The highest BCUT2D eigenvalue weighted by molar-refractivity contribution is 14.0. The Kier molecular flexibility index (Phi) is 10.0. The zero-order chi connectivity index (χ0) is 18.9. The van der Waals surface area contributed by atoms with Crippen molar-refractivity contribution in [2.75, 3.05) is 45.8 Å². The van der Waals surface area contributed by atoms with Crippen LogP contribution in [0.4, 0.5) is 0 Å². The molecule has 2 aliphatic rings. The summed E-state index contributed by atoms with van der Waals surface area (Å²) in [5, 5.41) is 6.60. The molecule has 6 nitrogen and oxygen atoms in total. The lowest BCUT2D eigenvalue weighted by Crippen LogP contribution is -2.40. The number of fused-ring (bicyclic) bond motifs is 1. The Morgan fingerprint density at radius 3 is 2.61 bits per heavy atom. The first-order valence-corrected chi connectivity index (χ1v) is 10.4. The molecule has 0 aliphatic carbocycles. The van der Waals surface area contributed by atoms with E-state index in [0.717, 1.165) is 77.5 Å². The molecule has 28 heavy (non-hydrogen) atoms. The minimum absolute atomic E-state index is 0. The molecule has 2 heterocycles. The van der Waals surface area contributed by atoms with Crippen molar-refractivity contribution in [3.8, 4) is 0 Å². The second-order valence-electron chi connectivity index (χ2n) is 7.36. The number of halogens is 1. The SMILES string of the molecule is CCNC(=NCC(=O)N1CCCC1)NCCCN1CCc2ccccc2C1.I. The third-order valence-electron chi connectivity index (χ3n) is 5.33.